The molecule has 18 heavy (non-hydrogen) atoms. The minimum atomic E-state index is 0.824. The molecule has 0 aliphatic heterocycles. The minimum Gasteiger partial charge on any atom is -0.311 e. The quantitative estimate of drug-likeness (QED) is 0.713. The van der Waals surface area contributed by atoms with E-state index in [4.69, 9.17) is 0 Å². The van der Waals surface area contributed by atoms with Gasteiger partial charge in [0.05, 0.1) is 0 Å². The van der Waals surface area contributed by atoms with Crippen LogP contribution in [-0.2, 0) is 0 Å². The lowest BCUT2D eigenvalue weighted by atomic mass is 9.79. The summed E-state index contributed by atoms with van der Waals surface area (Å²) < 4.78 is 0. The van der Waals surface area contributed by atoms with Gasteiger partial charge in [0.2, 0.25) is 0 Å². The van der Waals surface area contributed by atoms with E-state index in [9.17, 15) is 0 Å². The van der Waals surface area contributed by atoms with Crippen molar-refractivity contribution in [1.29, 1.82) is 0 Å². The molecule has 0 aromatic rings. The zero-order valence-corrected chi connectivity index (χ0v) is 12.8. The topological polar surface area (TPSA) is 12.0 Å². The van der Waals surface area contributed by atoms with E-state index in [1.54, 1.807) is 0 Å². The number of rotatable bonds is 3. The number of hydrogen-bond donors (Lipinski definition) is 1. The zero-order valence-electron chi connectivity index (χ0n) is 12.8. The van der Waals surface area contributed by atoms with Gasteiger partial charge in [0.1, 0.15) is 0 Å². The zero-order chi connectivity index (χ0) is 13.0. The molecule has 0 aromatic heterocycles. The maximum atomic E-state index is 4.00. The van der Waals surface area contributed by atoms with Gasteiger partial charge in [-0.15, -0.1) is 0 Å². The van der Waals surface area contributed by atoms with Crippen LogP contribution in [0.3, 0.4) is 0 Å². The van der Waals surface area contributed by atoms with Gasteiger partial charge in [-0.05, 0) is 49.9 Å². The van der Waals surface area contributed by atoms with Crippen molar-refractivity contribution in [3.63, 3.8) is 0 Å². The molecular formula is C17H33N. The average Bonchev–Trinajstić information content (AvgIpc) is 2.55. The Morgan fingerprint density at radius 1 is 0.833 bits per heavy atom. The largest absolute Gasteiger partial charge is 0.311 e. The van der Waals surface area contributed by atoms with Gasteiger partial charge in [0.25, 0.3) is 0 Å². The van der Waals surface area contributed by atoms with Crippen molar-refractivity contribution in [2.45, 2.75) is 90.6 Å². The lowest BCUT2D eigenvalue weighted by molar-refractivity contribution is 0.216. The van der Waals surface area contributed by atoms with Gasteiger partial charge in [-0.2, -0.15) is 0 Å². The molecule has 1 nitrogen and oxygen atoms in total. The molecule has 1 heteroatoms. The Hall–Kier alpha value is -0.0400. The second-order valence-corrected chi connectivity index (χ2v) is 7.34. The maximum absolute atomic E-state index is 4.00. The molecule has 0 heterocycles. The smallest absolute Gasteiger partial charge is 0.00723 e. The third-order valence-corrected chi connectivity index (χ3v) is 5.39. The molecule has 2 fully saturated rings. The van der Waals surface area contributed by atoms with Crippen LogP contribution < -0.4 is 5.32 Å². The summed E-state index contributed by atoms with van der Waals surface area (Å²) in [6.45, 7) is 7.23. The van der Waals surface area contributed by atoms with Crippen molar-refractivity contribution in [2.75, 3.05) is 0 Å². The van der Waals surface area contributed by atoms with Gasteiger partial charge in [-0.3, -0.25) is 0 Å². The van der Waals surface area contributed by atoms with Crippen LogP contribution >= 0.6 is 0 Å². The van der Waals surface area contributed by atoms with Crippen LogP contribution in [0.1, 0.15) is 78.6 Å². The van der Waals surface area contributed by atoms with E-state index in [2.05, 4.69) is 26.1 Å². The van der Waals surface area contributed by atoms with Gasteiger partial charge in [0.15, 0.2) is 0 Å². The van der Waals surface area contributed by atoms with E-state index in [0.717, 1.165) is 29.8 Å². The second kappa shape index (κ2) is 6.93. The normalized spacial score (nSPS) is 38.7. The fraction of sp³-hybridized carbons (Fsp3) is 1.00. The molecular weight excluding hydrogens is 218 g/mol. The van der Waals surface area contributed by atoms with Crippen LogP contribution in [0.5, 0.6) is 0 Å². The molecule has 2 aliphatic carbocycles. The van der Waals surface area contributed by atoms with Crippen molar-refractivity contribution in [3.8, 4) is 0 Å². The standard InChI is InChI=1S/C17H33N/c1-13(2)15-7-5-9-17(12-15)18-16-8-4-6-14(3)10-11-16/h13-18H,4-12H2,1-3H3. The first-order valence-corrected chi connectivity index (χ1v) is 8.41. The highest BCUT2D eigenvalue weighted by Crippen LogP contribution is 2.31. The second-order valence-electron chi connectivity index (χ2n) is 7.34. The Labute approximate surface area is 114 Å². The molecule has 2 aliphatic rings. The predicted octanol–water partition coefficient (Wildman–Crippen LogP) is 4.76. The summed E-state index contributed by atoms with van der Waals surface area (Å²) in [7, 11) is 0. The summed E-state index contributed by atoms with van der Waals surface area (Å²) in [5, 5.41) is 4.00. The molecule has 1 N–H and O–H groups in total. The Kier molecular flexibility index (Phi) is 5.54. The summed E-state index contributed by atoms with van der Waals surface area (Å²) in [6, 6.07) is 1.65. The summed E-state index contributed by atoms with van der Waals surface area (Å²) in [5.41, 5.74) is 0. The first-order chi connectivity index (χ1) is 8.65. The van der Waals surface area contributed by atoms with E-state index < -0.39 is 0 Å². The van der Waals surface area contributed by atoms with Crippen molar-refractivity contribution < 1.29 is 0 Å². The average molecular weight is 251 g/mol. The van der Waals surface area contributed by atoms with Crippen molar-refractivity contribution in [2.24, 2.45) is 17.8 Å². The Morgan fingerprint density at radius 2 is 1.56 bits per heavy atom. The van der Waals surface area contributed by atoms with Crippen LogP contribution in [0.4, 0.5) is 0 Å². The lowest BCUT2D eigenvalue weighted by Crippen LogP contribution is -2.41. The van der Waals surface area contributed by atoms with Crippen LogP contribution in [0.25, 0.3) is 0 Å². The monoisotopic (exact) mass is 251 g/mol. The molecule has 106 valence electrons. The molecule has 0 amide bonds. The molecule has 2 rings (SSSR count). The third kappa shape index (κ3) is 4.26. The van der Waals surface area contributed by atoms with E-state index in [1.165, 1.54) is 57.8 Å². The third-order valence-electron chi connectivity index (χ3n) is 5.39. The Balaban J connectivity index is 1.77. The van der Waals surface area contributed by atoms with E-state index in [-0.39, 0.29) is 0 Å². The highest BCUT2D eigenvalue weighted by molar-refractivity contribution is 4.83. The summed E-state index contributed by atoms with van der Waals surface area (Å²) in [6.07, 6.45) is 13.0. The van der Waals surface area contributed by atoms with E-state index in [0.29, 0.717) is 0 Å². The Morgan fingerprint density at radius 3 is 2.33 bits per heavy atom. The van der Waals surface area contributed by atoms with Gasteiger partial charge in [-0.1, -0.05) is 46.5 Å². The van der Waals surface area contributed by atoms with Crippen LogP contribution in [-0.4, -0.2) is 12.1 Å². The molecule has 0 saturated heterocycles. The SMILES string of the molecule is CC1CCCC(NC2CCCC(C(C)C)C2)CC1. The summed E-state index contributed by atoms with van der Waals surface area (Å²) in [4.78, 5) is 0. The van der Waals surface area contributed by atoms with Crippen molar-refractivity contribution in [1.82, 2.24) is 5.32 Å². The first-order valence-electron chi connectivity index (χ1n) is 8.41. The van der Waals surface area contributed by atoms with Crippen LogP contribution in [0.15, 0.2) is 0 Å². The van der Waals surface area contributed by atoms with Crippen LogP contribution in [0.2, 0.25) is 0 Å². The van der Waals surface area contributed by atoms with Crippen molar-refractivity contribution in [3.05, 3.63) is 0 Å². The van der Waals surface area contributed by atoms with Crippen LogP contribution in [0, 0.1) is 17.8 Å². The fourth-order valence-electron chi connectivity index (χ4n) is 3.97. The van der Waals surface area contributed by atoms with Gasteiger partial charge < -0.3 is 5.32 Å². The summed E-state index contributed by atoms with van der Waals surface area (Å²) in [5.74, 6) is 2.82. The molecule has 0 bridgehead atoms. The van der Waals surface area contributed by atoms with Gasteiger partial charge in [-0.25, -0.2) is 0 Å². The van der Waals surface area contributed by atoms with Crippen molar-refractivity contribution >= 4 is 0 Å². The molecule has 0 aromatic carbocycles. The lowest BCUT2D eigenvalue weighted by Gasteiger charge is -2.34. The highest BCUT2D eigenvalue weighted by atomic mass is 15.0. The summed E-state index contributed by atoms with van der Waals surface area (Å²) >= 11 is 0. The first kappa shape index (κ1) is 14.4. The van der Waals surface area contributed by atoms with E-state index >= 15 is 0 Å². The van der Waals surface area contributed by atoms with Gasteiger partial charge in [0, 0.05) is 12.1 Å². The number of nitrogens with one attached hydrogen (secondary N) is 1. The molecule has 4 atom stereocenters. The Bertz CT molecular complexity index is 236. The predicted molar refractivity (Wildman–Crippen MR) is 79.8 cm³/mol. The van der Waals surface area contributed by atoms with E-state index in [1.807, 2.05) is 0 Å². The molecule has 2 saturated carbocycles. The number of hydrogen-bond acceptors (Lipinski definition) is 1. The van der Waals surface area contributed by atoms with Gasteiger partial charge >= 0.3 is 0 Å². The molecule has 0 spiro atoms. The minimum absolute atomic E-state index is 0.824. The highest BCUT2D eigenvalue weighted by Gasteiger charge is 2.26. The molecule has 0 radical (unpaired) electrons. The fourth-order valence-corrected chi connectivity index (χ4v) is 3.97. The maximum Gasteiger partial charge on any atom is 0.00723 e. The molecule has 4 unspecified atom stereocenters.